The monoisotopic (exact) mass is 386 g/mol. The van der Waals surface area contributed by atoms with Gasteiger partial charge in [0.05, 0.1) is 13.0 Å². The third-order valence-electron chi connectivity index (χ3n) is 4.60. The second-order valence-corrected chi connectivity index (χ2v) is 6.87. The molecule has 0 saturated carbocycles. The Morgan fingerprint density at radius 3 is 2.11 bits per heavy atom. The predicted molar refractivity (Wildman–Crippen MR) is 105 cm³/mol. The standard InChI is InChI=1S/C21H23ClN2O3/c1-2-27-19-9-5-17(6-10-19)21(26)24-13-11-23(12-14-24)20(25)15-16-3-7-18(22)8-4-16/h3-10H,2,11-15H2,1H3. The van der Waals surface area contributed by atoms with E-state index in [-0.39, 0.29) is 11.8 Å². The van der Waals surface area contributed by atoms with Crippen LogP contribution >= 0.6 is 11.6 Å². The average Bonchev–Trinajstić information content (AvgIpc) is 2.70. The molecule has 1 saturated heterocycles. The summed E-state index contributed by atoms with van der Waals surface area (Å²) < 4.78 is 5.41. The Balaban J connectivity index is 1.52. The minimum Gasteiger partial charge on any atom is -0.494 e. The van der Waals surface area contributed by atoms with Crippen molar-refractivity contribution in [1.82, 2.24) is 9.80 Å². The van der Waals surface area contributed by atoms with Crippen LogP contribution < -0.4 is 4.74 Å². The molecule has 1 fully saturated rings. The Bertz CT molecular complexity index is 782. The van der Waals surface area contributed by atoms with Gasteiger partial charge >= 0.3 is 0 Å². The Kier molecular flexibility index (Phi) is 6.35. The van der Waals surface area contributed by atoms with E-state index in [0.717, 1.165) is 11.3 Å². The number of carbonyl (C=O) groups excluding carboxylic acids is 2. The molecule has 3 rings (SSSR count). The molecule has 0 spiro atoms. The normalized spacial score (nSPS) is 14.1. The van der Waals surface area contributed by atoms with Crippen LogP contribution in [0.5, 0.6) is 5.75 Å². The molecule has 142 valence electrons. The lowest BCUT2D eigenvalue weighted by Gasteiger charge is -2.35. The maximum Gasteiger partial charge on any atom is 0.253 e. The van der Waals surface area contributed by atoms with Crippen LogP contribution in [-0.2, 0) is 11.2 Å². The number of amides is 2. The topological polar surface area (TPSA) is 49.9 Å². The lowest BCUT2D eigenvalue weighted by atomic mass is 10.1. The van der Waals surface area contributed by atoms with Crippen molar-refractivity contribution in [2.24, 2.45) is 0 Å². The minimum absolute atomic E-state index is 0.0113. The molecule has 6 heteroatoms. The van der Waals surface area contributed by atoms with Crippen LogP contribution in [0.15, 0.2) is 48.5 Å². The fourth-order valence-corrected chi connectivity index (χ4v) is 3.22. The molecule has 0 aromatic heterocycles. The van der Waals surface area contributed by atoms with Crippen LogP contribution in [0, 0.1) is 0 Å². The quantitative estimate of drug-likeness (QED) is 0.792. The number of benzene rings is 2. The van der Waals surface area contributed by atoms with Gasteiger partial charge in [-0.05, 0) is 48.9 Å². The first-order valence-corrected chi connectivity index (χ1v) is 9.49. The molecule has 5 nitrogen and oxygen atoms in total. The predicted octanol–water partition coefficient (Wildman–Crippen LogP) is 3.27. The molecule has 0 N–H and O–H groups in total. The third-order valence-corrected chi connectivity index (χ3v) is 4.85. The van der Waals surface area contributed by atoms with Crippen LogP contribution in [0.4, 0.5) is 0 Å². The molecule has 1 aliphatic heterocycles. The lowest BCUT2D eigenvalue weighted by Crippen LogP contribution is -2.51. The Morgan fingerprint density at radius 2 is 1.52 bits per heavy atom. The molecular weight excluding hydrogens is 364 g/mol. The Morgan fingerprint density at radius 1 is 0.926 bits per heavy atom. The second kappa shape index (κ2) is 8.91. The summed E-state index contributed by atoms with van der Waals surface area (Å²) in [7, 11) is 0. The van der Waals surface area contributed by atoms with Gasteiger partial charge in [0.2, 0.25) is 5.91 Å². The fourth-order valence-electron chi connectivity index (χ4n) is 3.09. The van der Waals surface area contributed by atoms with E-state index in [9.17, 15) is 9.59 Å². The SMILES string of the molecule is CCOc1ccc(C(=O)N2CCN(C(=O)Cc3ccc(Cl)cc3)CC2)cc1. The molecule has 2 aromatic rings. The number of ether oxygens (including phenoxy) is 1. The molecule has 0 aliphatic carbocycles. The lowest BCUT2D eigenvalue weighted by molar-refractivity contribution is -0.131. The van der Waals surface area contributed by atoms with Gasteiger partial charge in [0.15, 0.2) is 0 Å². The van der Waals surface area contributed by atoms with Gasteiger partial charge in [-0.2, -0.15) is 0 Å². The highest BCUT2D eigenvalue weighted by Gasteiger charge is 2.24. The van der Waals surface area contributed by atoms with Gasteiger partial charge in [-0.25, -0.2) is 0 Å². The molecule has 0 radical (unpaired) electrons. The summed E-state index contributed by atoms with van der Waals surface area (Å²) in [5, 5.41) is 0.660. The number of rotatable bonds is 5. The van der Waals surface area contributed by atoms with E-state index in [2.05, 4.69) is 0 Å². The summed E-state index contributed by atoms with van der Waals surface area (Å²) in [6.45, 7) is 4.70. The molecule has 2 aromatic carbocycles. The van der Waals surface area contributed by atoms with Crippen LogP contribution in [-0.4, -0.2) is 54.4 Å². The highest BCUT2D eigenvalue weighted by Crippen LogP contribution is 2.16. The largest absolute Gasteiger partial charge is 0.494 e. The summed E-state index contributed by atoms with van der Waals surface area (Å²) in [6, 6.07) is 14.5. The first-order valence-electron chi connectivity index (χ1n) is 9.11. The van der Waals surface area contributed by atoms with Crippen LogP contribution in [0.3, 0.4) is 0 Å². The van der Waals surface area contributed by atoms with E-state index >= 15 is 0 Å². The number of hydrogen-bond donors (Lipinski definition) is 0. The maximum atomic E-state index is 12.6. The first kappa shape index (κ1) is 19.2. The summed E-state index contributed by atoms with van der Waals surface area (Å²) in [5.74, 6) is 0.819. The average molecular weight is 387 g/mol. The zero-order valence-corrected chi connectivity index (χ0v) is 16.1. The van der Waals surface area contributed by atoms with Gasteiger partial charge in [0.25, 0.3) is 5.91 Å². The van der Waals surface area contributed by atoms with Gasteiger partial charge in [-0.15, -0.1) is 0 Å². The van der Waals surface area contributed by atoms with Crippen molar-refractivity contribution >= 4 is 23.4 Å². The minimum atomic E-state index is -0.0113. The Labute approximate surface area is 164 Å². The number of halogens is 1. The Hall–Kier alpha value is -2.53. The number of piperazine rings is 1. The van der Waals surface area contributed by atoms with Gasteiger partial charge in [-0.3, -0.25) is 9.59 Å². The summed E-state index contributed by atoms with van der Waals surface area (Å²) in [5.41, 5.74) is 1.58. The van der Waals surface area contributed by atoms with E-state index in [0.29, 0.717) is 49.8 Å². The first-order chi connectivity index (χ1) is 13.1. The molecule has 0 atom stereocenters. The van der Waals surface area contributed by atoms with Crippen LogP contribution in [0.1, 0.15) is 22.8 Å². The van der Waals surface area contributed by atoms with E-state index in [1.165, 1.54) is 0 Å². The van der Waals surface area contributed by atoms with Gasteiger partial charge in [-0.1, -0.05) is 23.7 Å². The molecule has 1 heterocycles. The van der Waals surface area contributed by atoms with Crippen molar-refractivity contribution in [1.29, 1.82) is 0 Å². The van der Waals surface area contributed by atoms with Crippen molar-refractivity contribution in [2.75, 3.05) is 32.8 Å². The van der Waals surface area contributed by atoms with E-state index in [1.807, 2.05) is 36.1 Å². The third kappa shape index (κ3) is 5.01. The van der Waals surface area contributed by atoms with Gasteiger partial charge in [0.1, 0.15) is 5.75 Å². The highest BCUT2D eigenvalue weighted by atomic mass is 35.5. The zero-order valence-electron chi connectivity index (χ0n) is 15.4. The van der Waals surface area contributed by atoms with E-state index in [4.69, 9.17) is 16.3 Å². The number of nitrogens with zero attached hydrogens (tertiary/aromatic N) is 2. The maximum absolute atomic E-state index is 12.6. The molecule has 27 heavy (non-hydrogen) atoms. The second-order valence-electron chi connectivity index (χ2n) is 6.43. The zero-order chi connectivity index (χ0) is 19.2. The van der Waals surface area contributed by atoms with Crippen LogP contribution in [0.2, 0.25) is 5.02 Å². The van der Waals surface area contributed by atoms with Crippen molar-refractivity contribution < 1.29 is 14.3 Å². The van der Waals surface area contributed by atoms with Crippen molar-refractivity contribution in [3.8, 4) is 5.75 Å². The molecule has 1 aliphatic rings. The summed E-state index contributed by atoms with van der Waals surface area (Å²) in [6.07, 6.45) is 0.351. The smallest absolute Gasteiger partial charge is 0.253 e. The summed E-state index contributed by atoms with van der Waals surface area (Å²) >= 11 is 5.88. The summed E-state index contributed by atoms with van der Waals surface area (Å²) in [4.78, 5) is 28.7. The van der Waals surface area contributed by atoms with Crippen molar-refractivity contribution in [2.45, 2.75) is 13.3 Å². The molecule has 0 bridgehead atoms. The molecule has 0 unspecified atom stereocenters. The van der Waals surface area contributed by atoms with Crippen molar-refractivity contribution in [3.05, 3.63) is 64.7 Å². The van der Waals surface area contributed by atoms with Gasteiger partial charge in [0, 0.05) is 36.8 Å². The molecule has 2 amide bonds. The van der Waals surface area contributed by atoms with Crippen molar-refractivity contribution in [3.63, 3.8) is 0 Å². The van der Waals surface area contributed by atoms with Crippen LogP contribution in [0.25, 0.3) is 0 Å². The van der Waals surface area contributed by atoms with Gasteiger partial charge < -0.3 is 14.5 Å². The number of carbonyl (C=O) groups is 2. The fraction of sp³-hybridized carbons (Fsp3) is 0.333. The highest BCUT2D eigenvalue weighted by molar-refractivity contribution is 6.30. The van der Waals surface area contributed by atoms with E-state index < -0.39 is 0 Å². The van der Waals surface area contributed by atoms with E-state index in [1.54, 1.807) is 29.2 Å². The number of hydrogen-bond acceptors (Lipinski definition) is 3. The molecular formula is C21H23ClN2O3.